The Morgan fingerprint density at radius 2 is 1.90 bits per heavy atom. The second-order valence-electron chi connectivity index (χ2n) is 7.17. The van der Waals surface area contributed by atoms with E-state index in [1.807, 2.05) is 44.2 Å². The molecule has 0 radical (unpaired) electrons. The van der Waals surface area contributed by atoms with E-state index in [0.29, 0.717) is 32.1 Å². The van der Waals surface area contributed by atoms with Crippen molar-refractivity contribution < 1.29 is 9.47 Å². The highest BCUT2D eigenvalue weighted by molar-refractivity contribution is 5.54. The fourth-order valence-electron chi connectivity index (χ4n) is 3.74. The van der Waals surface area contributed by atoms with Crippen molar-refractivity contribution in [1.29, 1.82) is 0 Å². The molecule has 1 N–H and O–H groups in total. The Kier molecular flexibility index (Phi) is 6.09. The molecule has 156 valence electrons. The normalized spacial score (nSPS) is 13.7. The predicted molar refractivity (Wildman–Crippen MR) is 115 cm³/mol. The number of nitrogens with zero attached hydrogens (tertiary/aromatic N) is 3. The molecule has 1 aromatic carbocycles. The first-order valence-corrected chi connectivity index (χ1v) is 10.3. The van der Waals surface area contributed by atoms with Crippen molar-refractivity contribution in [3.05, 3.63) is 69.9 Å². The molecule has 3 aromatic rings. The van der Waals surface area contributed by atoms with E-state index in [1.54, 1.807) is 12.4 Å². The minimum Gasteiger partial charge on any atom is -0.494 e. The van der Waals surface area contributed by atoms with Crippen LogP contribution in [0.4, 0.5) is 0 Å². The molecule has 3 heterocycles. The zero-order valence-electron chi connectivity index (χ0n) is 17.4. The van der Waals surface area contributed by atoms with E-state index in [9.17, 15) is 4.79 Å². The van der Waals surface area contributed by atoms with Gasteiger partial charge >= 0.3 is 0 Å². The molecule has 2 aromatic heterocycles. The maximum Gasteiger partial charge on any atom is 0.255 e. The SMILES string of the molecule is CCOc1ccc(OCC)c(CN2CCc3nc(-c4ccncc4)[nH]c(=O)c3C2)c1. The van der Waals surface area contributed by atoms with Crippen molar-refractivity contribution in [3.63, 3.8) is 0 Å². The summed E-state index contributed by atoms with van der Waals surface area (Å²) in [6, 6.07) is 9.61. The highest BCUT2D eigenvalue weighted by atomic mass is 16.5. The number of hydrogen-bond donors (Lipinski definition) is 1. The monoisotopic (exact) mass is 406 g/mol. The van der Waals surface area contributed by atoms with E-state index < -0.39 is 0 Å². The smallest absolute Gasteiger partial charge is 0.255 e. The summed E-state index contributed by atoms with van der Waals surface area (Å²) in [5.74, 6) is 2.28. The predicted octanol–water partition coefficient (Wildman–Crippen LogP) is 3.19. The van der Waals surface area contributed by atoms with Gasteiger partial charge in [0.05, 0.1) is 24.5 Å². The van der Waals surface area contributed by atoms with Crippen LogP contribution in [0.3, 0.4) is 0 Å². The average molecular weight is 406 g/mol. The van der Waals surface area contributed by atoms with Crippen LogP contribution in [0.15, 0.2) is 47.5 Å². The molecule has 0 saturated carbocycles. The molecule has 0 aliphatic carbocycles. The number of H-pyrrole nitrogens is 1. The zero-order chi connectivity index (χ0) is 20.9. The largest absolute Gasteiger partial charge is 0.494 e. The Hall–Kier alpha value is -3.19. The minimum atomic E-state index is -0.0791. The van der Waals surface area contributed by atoms with Gasteiger partial charge in [-0.25, -0.2) is 4.98 Å². The first-order valence-electron chi connectivity index (χ1n) is 10.3. The van der Waals surface area contributed by atoms with Crippen LogP contribution < -0.4 is 15.0 Å². The van der Waals surface area contributed by atoms with Gasteiger partial charge in [-0.2, -0.15) is 0 Å². The molecule has 1 aliphatic rings. The van der Waals surface area contributed by atoms with Crippen molar-refractivity contribution in [2.75, 3.05) is 19.8 Å². The zero-order valence-corrected chi connectivity index (χ0v) is 17.4. The maximum absolute atomic E-state index is 12.8. The summed E-state index contributed by atoms with van der Waals surface area (Å²) >= 11 is 0. The molecule has 0 saturated heterocycles. The molecule has 1 aliphatic heterocycles. The van der Waals surface area contributed by atoms with E-state index in [-0.39, 0.29) is 5.56 Å². The van der Waals surface area contributed by atoms with Crippen LogP contribution in [0.5, 0.6) is 11.5 Å². The fourth-order valence-corrected chi connectivity index (χ4v) is 3.74. The molecule has 0 bridgehead atoms. The van der Waals surface area contributed by atoms with Crippen LogP contribution in [0.1, 0.15) is 30.7 Å². The van der Waals surface area contributed by atoms with E-state index >= 15 is 0 Å². The number of aromatic amines is 1. The summed E-state index contributed by atoms with van der Waals surface area (Å²) < 4.78 is 11.5. The van der Waals surface area contributed by atoms with Crippen LogP contribution in [0.25, 0.3) is 11.4 Å². The first kappa shape index (κ1) is 20.1. The molecular formula is C23H26N4O3. The van der Waals surface area contributed by atoms with Crippen molar-refractivity contribution in [3.8, 4) is 22.9 Å². The molecule has 7 heteroatoms. The molecule has 0 atom stereocenters. The summed E-state index contributed by atoms with van der Waals surface area (Å²) in [6.45, 7) is 7.22. The third-order valence-corrected chi connectivity index (χ3v) is 5.14. The number of fused-ring (bicyclic) bond motifs is 1. The van der Waals surface area contributed by atoms with Crippen LogP contribution >= 0.6 is 0 Å². The molecule has 7 nitrogen and oxygen atoms in total. The lowest BCUT2D eigenvalue weighted by Gasteiger charge is -2.28. The Morgan fingerprint density at radius 1 is 1.10 bits per heavy atom. The average Bonchev–Trinajstić information content (AvgIpc) is 2.77. The van der Waals surface area contributed by atoms with Crippen molar-refractivity contribution in [2.45, 2.75) is 33.4 Å². The van der Waals surface area contributed by atoms with Gasteiger partial charge in [-0.1, -0.05) is 0 Å². The van der Waals surface area contributed by atoms with E-state index in [1.165, 1.54) is 0 Å². The van der Waals surface area contributed by atoms with Crippen LogP contribution in [-0.4, -0.2) is 39.6 Å². The highest BCUT2D eigenvalue weighted by Gasteiger charge is 2.22. The van der Waals surface area contributed by atoms with Gasteiger partial charge in [0.25, 0.3) is 5.56 Å². The summed E-state index contributed by atoms with van der Waals surface area (Å²) in [4.78, 5) is 26.7. The Bertz CT molecular complexity index is 1070. The quantitative estimate of drug-likeness (QED) is 0.649. The lowest BCUT2D eigenvalue weighted by molar-refractivity contribution is 0.235. The number of hydrogen-bond acceptors (Lipinski definition) is 6. The van der Waals surface area contributed by atoms with E-state index in [2.05, 4.69) is 14.9 Å². The maximum atomic E-state index is 12.8. The number of benzene rings is 1. The number of rotatable bonds is 7. The lowest BCUT2D eigenvalue weighted by Crippen LogP contribution is -2.35. The molecule has 0 unspecified atom stereocenters. The van der Waals surface area contributed by atoms with Gasteiger partial charge in [-0.05, 0) is 44.2 Å². The fraction of sp³-hybridized carbons (Fsp3) is 0.348. The Morgan fingerprint density at radius 3 is 2.67 bits per heavy atom. The van der Waals surface area contributed by atoms with Gasteiger partial charge in [-0.3, -0.25) is 14.7 Å². The van der Waals surface area contributed by atoms with Crippen LogP contribution in [0.2, 0.25) is 0 Å². The van der Waals surface area contributed by atoms with Gasteiger partial charge in [-0.15, -0.1) is 0 Å². The number of aromatic nitrogens is 3. The molecule has 0 amide bonds. The second-order valence-corrected chi connectivity index (χ2v) is 7.17. The Balaban J connectivity index is 1.57. The molecular weight excluding hydrogens is 380 g/mol. The topological polar surface area (TPSA) is 80.3 Å². The molecule has 0 spiro atoms. The van der Waals surface area contributed by atoms with Gasteiger partial charge in [0, 0.05) is 49.6 Å². The number of nitrogens with one attached hydrogen (secondary N) is 1. The van der Waals surface area contributed by atoms with Crippen molar-refractivity contribution in [2.24, 2.45) is 0 Å². The van der Waals surface area contributed by atoms with Gasteiger partial charge in [0.1, 0.15) is 17.3 Å². The van der Waals surface area contributed by atoms with Crippen LogP contribution in [0, 0.1) is 0 Å². The summed E-state index contributed by atoms with van der Waals surface area (Å²) in [5, 5.41) is 0. The third kappa shape index (κ3) is 4.36. The van der Waals surface area contributed by atoms with Crippen molar-refractivity contribution in [1.82, 2.24) is 19.9 Å². The second kappa shape index (κ2) is 9.09. The number of pyridine rings is 1. The van der Waals surface area contributed by atoms with Gasteiger partial charge in [0.2, 0.25) is 0 Å². The minimum absolute atomic E-state index is 0.0791. The van der Waals surface area contributed by atoms with Gasteiger partial charge in [0.15, 0.2) is 0 Å². The van der Waals surface area contributed by atoms with Crippen LogP contribution in [-0.2, 0) is 19.5 Å². The first-order chi connectivity index (χ1) is 14.7. The molecule has 4 rings (SSSR count). The number of ether oxygens (including phenoxy) is 2. The standard InChI is InChI=1S/C23H26N4O3/c1-3-29-18-5-6-21(30-4-2)17(13-18)14-27-12-9-20-19(15-27)23(28)26-22(25-20)16-7-10-24-11-8-16/h5-8,10-11,13H,3-4,9,12,14-15H2,1-2H3,(H,25,26,28). The molecule has 0 fully saturated rings. The molecule has 30 heavy (non-hydrogen) atoms. The van der Waals surface area contributed by atoms with E-state index in [4.69, 9.17) is 14.5 Å². The summed E-state index contributed by atoms with van der Waals surface area (Å²) in [7, 11) is 0. The van der Waals surface area contributed by atoms with Gasteiger partial charge < -0.3 is 14.5 Å². The summed E-state index contributed by atoms with van der Waals surface area (Å²) in [6.07, 6.45) is 4.12. The summed E-state index contributed by atoms with van der Waals surface area (Å²) in [5.41, 5.74) is 3.45. The lowest BCUT2D eigenvalue weighted by atomic mass is 10.0. The third-order valence-electron chi connectivity index (χ3n) is 5.14. The highest BCUT2D eigenvalue weighted by Crippen LogP contribution is 2.27. The van der Waals surface area contributed by atoms with Crippen molar-refractivity contribution >= 4 is 0 Å². The Labute approximate surface area is 175 Å². The van der Waals surface area contributed by atoms with E-state index in [0.717, 1.165) is 46.8 Å².